The molecular weight excluding hydrogens is 292 g/mol. The molecule has 0 unspecified atom stereocenters. The number of carbonyl (C=O) groups excluding carboxylic acids is 1. The maximum absolute atomic E-state index is 11.6. The molecule has 0 atom stereocenters. The number of hydrogen-bond donors (Lipinski definition) is 1. The molecule has 0 aliphatic heterocycles. The van der Waals surface area contributed by atoms with Crippen LogP contribution in [0.25, 0.3) is 0 Å². The minimum absolute atomic E-state index is 0.233. The molecule has 0 aliphatic rings. The van der Waals surface area contributed by atoms with E-state index in [1.54, 1.807) is 6.19 Å². The molecular formula is C18H34N2O3. The predicted octanol–water partition coefficient (Wildman–Crippen LogP) is 3.64. The summed E-state index contributed by atoms with van der Waals surface area (Å²) in [5.41, 5.74) is -0.153. The summed E-state index contributed by atoms with van der Waals surface area (Å²) in [6, 6.07) is 0. The molecule has 0 fully saturated rings. The molecule has 23 heavy (non-hydrogen) atoms. The summed E-state index contributed by atoms with van der Waals surface area (Å²) in [5, 5.41) is 10.7. The van der Waals surface area contributed by atoms with Crippen molar-refractivity contribution in [1.29, 1.82) is 5.26 Å². The van der Waals surface area contributed by atoms with Gasteiger partial charge < -0.3 is 9.47 Å². The van der Waals surface area contributed by atoms with Crippen LogP contribution >= 0.6 is 0 Å². The van der Waals surface area contributed by atoms with Gasteiger partial charge in [0.25, 0.3) is 0 Å². The second-order valence-corrected chi connectivity index (χ2v) is 7.80. The standard InChI is InChI=1S/C18H34N2O3/c1-17(2,3)9-6-11-22-13-8-14-23-12-7-10-18(4,5)16(21)20-15-19/h6-14H2,1-5H3,(H,20,21). The molecule has 0 bridgehead atoms. The van der Waals surface area contributed by atoms with E-state index in [9.17, 15) is 4.79 Å². The zero-order valence-electron chi connectivity index (χ0n) is 15.5. The van der Waals surface area contributed by atoms with Crippen molar-refractivity contribution in [1.82, 2.24) is 5.32 Å². The lowest BCUT2D eigenvalue weighted by Crippen LogP contribution is -2.34. The second kappa shape index (κ2) is 11.4. The first kappa shape index (κ1) is 21.9. The zero-order chi connectivity index (χ0) is 17.8. The van der Waals surface area contributed by atoms with Crippen LogP contribution in [-0.2, 0) is 14.3 Å². The Morgan fingerprint density at radius 3 is 1.87 bits per heavy atom. The number of amides is 1. The number of hydrogen-bond acceptors (Lipinski definition) is 4. The highest BCUT2D eigenvalue weighted by atomic mass is 16.5. The monoisotopic (exact) mass is 326 g/mol. The largest absolute Gasteiger partial charge is 0.381 e. The first-order valence-corrected chi connectivity index (χ1v) is 8.54. The number of carbonyl (C=O) groups is 1. The number of nitrogens with one attached hydrogen (secondary N) is 1. The average Bonchev–Trinajstić information content (AvgIpc) is 2.43. The van der Waals surface area contributed by atoms with E-state index in [1.165, 1.54) is 6.42 Å². The summed E-state index contributed by atoms with van der Waals surface area (Å²) in [6.07, 6.45) is 6.36. The van der Waals surface area contributed by atoms with E-state index in [-0.39, 0.29) is 5.91 Å². The van der Waals surface area contributed by atoms with Crippen LogP contribution in [0.1, 0.15) is 66.7 Å². The molecule has 0 saturated heterocycles. The molecule has 5 heteroatoms. The smallest absolute Gasteiger partial charge is 0.238 e. The molecule has 5 nitrogen and oxygen atoms in total. The average molecular weight is 326 g/mol. The van der Waals surface area contributed by atoms with Gasteiger partial charge in [-0.2, -0.15) is 5.26 Å². The SMILES string of the molecule is CC(C)(C)CCCOCCCOCCCC(C)(C)C(=O)NC#N. The molecule has 0 heterocycles. The van der Waals surface area contributed by atoms with Gasteiger partial charge in [0, 0.05) is 31.8 Å². The maximum Gasteiger partial charge on any atom is 0.238 e. The summed E-state index contributed by atoms with van der Waals surface area (Å²) < 4.78 is 11.1. The third-order valence-corrected chi connectivity index (χ3v) is 3.67. The van der Waals surface area contributed by atoms with Crippen molar-refractivity contribution in [2.24, 2.45) is 10.8 Å². The van der Waals surface area contributed by atoms with Crippen molar-refractivity contribution in [3.8, 4) is 6.19 Å². The Balaban J connectivity index is 3.44. The fourth-order valence-corrected chi connectivity index (χ4v) is 2.12. The van der Waals surface area contributed by atoms with Crippen molar-refractivity contribution in [2.75, 3.05) is 26.4 Å². The first-order valence-electron chi connectivity index (χ1n) is 8.54. The van der Waals surface area contributed by atoms with E-state index in [0.29, 0.717) is 25.0 Å². The summed E-state index contributed by atoms with van der Waals surface area (Å²) in [7, 11) is 0. The van der Waals surface area contributed by atoms with Crippen molar-refractivity contribution in [3.05, 3.63) is 0 Å². The Bertz CT molecular complexity index is 367. The topological polar surface area (TPSA) is 71.3 Å². The molecule has 1 amide bonds. The van der Waals surface area contributed by atoms with E-state index >= 15 is 0 Å². The Hall–Kier alpha value is -1.12. The summed E-state index contributed by atoms with van der Waals surface area (Å²) in [5.74, 6) is -0.233. The van der Waals surface area contributed by atoms with Gasteiger partial charge in [-0.1, -0.05) is 34.6 Å². The molecule has 1 N–H and O–H groups in total. The number of nitrogens with zero attached hydrogens (tertiary/aromatic N) is 1. The molecule has 0 spiro atoms. The van der Waals surface area contributed by atoms with Crippen LogP contribution in [0.4, 0.5) is 0 Å². The van der Waals surface area contributed by atoms with Crippen LogP contribution in [0, 0.1) is 22.3 Å². The highest BCUT2D eigenvalue weighted by Gasteiger charge is 2.26. The minimum Gasteiger partial charge on any atom is -0.381 e. The predicted molar refractivity (Wildman–Crippen MR) is 91.7 cm³/mol. The van der Waals surface area contributed by atoms with Gasteiger partial charge >= 0.3 is 0 Å². The maximum atomic E-state index is 11.6. The Morgan fingerprint density at radius 2 is 1.39 bits per heavy atom. The van der Waals surface area contributed by atoms with E-state index in [1.807, 2.05) is 13.8 Å². The molecule has 0 aliphatic carbocycles. The van der Waals surface area contributed by atoms with Crippen LogP contribution in [-0.4, -0.2) is 32.3 Å². The highest BCUT2D eigenvalue weighted by Crippen LogP contribution is 2.22. The van der Waals surface area contributed by atoms with E-state index in [0.717, 1.165) is 32.5 Å². The van der Waals surface area contributed by atoms with Gasteiger partial charge in [0.15, 0.2) is 6.19 Å². The van der Waals surface area contributed by atoms with Gasteiger partial charge in [-0.3, -0.25) is 10.1 Å². The van der Waals surface area contributed by atoms with Gasteiger partial charge in [-0.15, -0.1) is 0 Å². The summed E-state index contributed by atoms with van der Waals surface area (Å²) >= 11 is 0. The number of ether oxygens (including phenoxy) is 2. The van der Waals surface area contributed by atoms with Gasteiger partial charge in [-0.25, -0.2) is 0 Å². The van der Waals surface area contributed by atoms with Gasteiger partial charge in [0.05, 0.1) is 0 Å². The van der Waals surface area contributed by atoms with Gasteiger partial charge in [0.2, 0.25) is 5.91 Å². The van der Waals surface area contributed by atoms with Crippen molar-refractivity contribution < 1.29 is 14.3 Å². The van der Waals surface area contributed by atoms with E-state index in [2.05, 4.69) is 26.1 Å². The Labute approximate surface area is 141 Å². The van der Waals surface area contributed by atoms with Crippen LogP contribution in [0.15, 0.2) is 0 Å². The van der Waals surface area contributed by atoms with Gasteiger partial charge in [0.1, 0.15) is 0 Å². The van der Waals surface area contributed by atoms with Crippen LogP contribution in [0.3, 0.4) is 0 Å². The molecule has 0 saturated carbocycles. The normalized spacial score (nSPS) is 12.0. The third kappa shape index (κ3) is 13.1. The van der Waals surface area contributed by atoms with Crippen molar-refractivity contribution in [2.45, 2.75) is 66.7 Å². The van der Waals surface area contributed by atoms with E-state index in [4.69, 9.17) is 14.7 Å². The fourth-order valence-electron chi connectivity index (χ4n) is 2.12. The molecule has 0 aromatic rings. The lowest BCUT2D eigenvalue weighted by atomic mass is 9.87. The summed E-state index contributed by atoms with van der Waals surface area (Å²) in [4.78, 5) is 11.6. The Morgan fingerprint density at radius 1 is 0.913 bits per heavy atom. The lowest BCUT2D eigenvalue weighted by molar-refractivity contribution is -0.128. The lowest BCUT2D eigenvalue weighted by Gasteiger charge is -2.21. The molecule has 0 rings (SSSR count). The molecule has 134 valence electrons. The van der Waals surface area contributed by atoms with Gasteiger partial charge in [-0.05, 0) is 37.5 Å². The van der Waals surface area contributed by atoms with E-state index < -0.39 is 5.41 Å². The van der Waals surface area contributed by atoms with Crippen LogP contribution < -0.4 is 5.32 Å². The van der Waals surface area contributed by atoms with Crippen molar-refractivity contribution in [3.63, 3.8) is 0 Å². The first-order chi connectivity index (χ1) is 10.7. The zero-order valence-corrected chi connectivity index (χ0v) is 15.5. The molecule has 0 radical (unpaired) electrons. The van der Waals surface area contributed by atoms with Crippen molar-refractivity contribution >= 4 is 5.91 Å². The fraction of sp³-hybridized carbons (Fsp3) is 0.889. The third-order valence-electron chi connectivity index (χ3n) is 3.67. The highest BCUT2D eigenvalue weighted by molar-refractivity contribution is 5.82. The van der Waals surface area contributed by atoms with Crippen LogP contribution in [0.2, 0.25) is 0 Å². The van der Waals surface area contributed by atoms with Crippen LogP contribution in [0.5, 0.6) is 0 Å². The minimum atomic E-state index is -0.532. The quantitative estimate of drug-likeness (QED) is 0.338. The number of nitriles is 1. The molecule has 0 aromatic heterocycles. The summed E-state index contributed by atoms with van der Waals surface area (Å²) in [6.45, 7) is 13.3. The Kier molecular flexibility index (Phi) is 10.9. The number of rotatable bonds is 12. The second-order valence-electron chi connectivity index (χ2n) is 7.80. The molecule has 0 aromatic carbocycles.